The quantitative estimate of drug-likeness (QED) is 0.497. The third kappa shape index (κ3) is 4.73. The topological polar surface area (TPSA) is 98.6 Å². The second kappa shape index (κ2) is 9.14. The number of carbonyl (C=O) groups is 2. The van der Waals surface area contributed by atoms with E-state index in [-0.39, 0.29) is 11.7 Å². The van der Waals surface area contributed by atoms with Gasteiger partial charge in [-0.1, -0.05) is 11.8 Å². The van der Waals surface area contributed by atoms with E-state index in [1.54, 1.807) is 18.4 Å². The summed E-state index contributed by atoms with van der Waals surface area (Å²) in [6.07, 6.45) is 2.21. The number of nitrogens with one attached hydrogen (secondary N) is 1. The number of esters is 1. The zero-order chi connectivity index (χ0) is 20.2. The molecule has 1 amide bonds. The minimum atomic E-state index is -0.430. The molecule has 0 radical (unpaired) electrons. The van der Waals surface area contributed by atoms with E-state index in [0.29, 0.717) is 36.4 Å². The first kappa shape index (κ1) is 20.2. The maximum atomic E-state index is 12.5. The molecule has 1 saturated heterocycles. The van der Waals surface area contributed by atoms with Crippen LogP contribution in [0.3, 0.4) is 0 Å². The number of aromatic nitrogens is 3. The first-order valence-corrected chi connectivity index (χ1v) is 11.5. The fraction of sp³-hybridized carbons (Fsp3) is 0.556. The molecule has 1 saturated carbocycles. The van der Waals surface area contributed by atoms with Crippen LogP contribution in [0.2, 0.25) is 0 Å². The van der Waals surface area contributed by atoms with E-state index >= 15 is 0 Å². The molecule has 9 nitrogen and oxygen atoms in total. The predicted molar refractivity (Wildman–Crippen MR) is 111 cm³/mol. The van der Waals surface area contributed by atoms with Gasteiger partial charge >= 0.3 is 5.97 Å². The molecule has 0 atom stereocenters. The van der Waals surface area contributed by atoms with E-state index in [4.69, 9.17) is 9.47 Å². The van der Waals surface area contributed by atoms with Crippen molar-refractivity contribution in [3.63, 3.8) is 0 Å². The lowest BCUT2D eigenvalue weighted by Crippen LogP contribution is -2.38. The second-order valence-corrected chi connectivity index (χ2v) is 8.56. The lowest BCUT2D eigenvalue weighted by Gasteiger charge is -2.27. The molecule has 2 fully saturated rings. The van der Waals surface area contributed by atoms with Crippen LogP contribution < -0.4 is 10.2 Å². The van der Waals surface area contributed by atoms with Gasteiger partial charge in [0, 0.05) is 19.1 Å². The third-order valence-electron chi connectivity index (χ3n) is 4.60. The first-order chi connectivity index (χ1) is 14.2. The number of rotatable bonds is 8. The van der Waals surface area contributed by atoms with Crippen molar-refractivity contribution < 1.29 is 19.1 Å². The minimum Gasteiger partial charge on any atom is -0.462 e. The highest BCUT2D eigenvalue weighted by Crippen LogP contribution is 2.41. The van der Waals surface area contributed by atoms with Crippen LogP contribution in [0.4, 0.5) is 10.9 Å². The average molecular weight is 438 g/mol. The molecule has 29 heavy (non-hydrogen) atoms. The molecule has 0 bridgehead atoms. The summed E-state index contributed by atoms with van der Waals surface area (Å²) in [6, 6.07) is 2.06. The van der Waals surface area contributed by atoms with Crippen LogP contribution in [0, 0.1) is 0 Å². The molecule has 2 aliphatic rings. The Hall–Kier alpha value is -2.11. The van der Waals surface area contributed by atoms with Gasteiger partial charge in [-0.05, 0) is 31.2 Å². The zero-order valence-corrected chi connectivity index (χ0v) is 17.8. The van der Waals surface area contributed by atoms with Crippen LogP contribution in [0.5, 0.6) is 0 Å². The van der Waals surface area contributed by atoms with Gasteiger partial charge in [0.1, 0.15) is 5.00 Å². The van der Waals surface area contributed by atoms with Gasteiger partial charge in [-0.3, -0.25) is 9.36 Å². The van der Waals surface area contributed by atoms with Crippen LogP contribution in [0.1, 0.15) is 36.2 Å². The molecule has 3 heterocycles. The van der Waals surface area contributed by atoms with Crippen molar-refractivity contribution in [2.45, 2.75) is 31.0 Å². The second-order valence-electron chi connectivity index (χ2n) is 6.70. The Labute approximate surface area is 176 Å². The fourth-order valence-electron chi connectivity index (χ4n) is 3.07. The monoisotopic (exact) mass is 437 g/mol. The lowest BCUT2D eigenvalue weighted by molar-refractivity contribution is -0.113. The van der Waals surface area contributed by atoms with Gasteiger partial charge in [0.2, 0.25) is 11.9 Å². The summed E-state index contributed by atoms with van der Waals surface area (Å²) >= 11 is 2.66. The number of anilines is 2. The summed E-state index contributed by atoms with van der Waals surface area (Å²) in [4.78, 5) is 26.6. The van der Waals surface area contributed by atoms with E-state index < -0.39 is 5.97 Å². The van der Waals surface area contributed by atoms with Crippen molar-refractivity contribution in [2.24, 2.45) is 0 Å². The van der Waals surface area contributed by atoms with E-state index in [0.717, 1.165) is 37.0 Å². The van der Waals surface area contributed by atoms with Crippen LogP contribution in [0.15, 0.2) is 16.6 Å². The van der Waals surface area contributed by atoms with Gasteiger partial charge in [0.05, 0.1) is 31.1 Å². The minimum absolute atomic E-state index is 0.189. The number of hydrogen-bond acceptors (Lipinski definition) is 9. The molecule has 1 aliphatic heterocycles. The van der Waals surface area contributed by atoms with Crippen LogP contribution in [-0.2, 0) is 14.3 Å². The van der Waals surface area contributed by atoms with Gasteiger partial charge in [0.15, 0.2) is 5.16 Å². The van der Waals surface area contributed by atoms with Gasteiger partial charge in [-0.15, -0.1) is 21.5 Å². The number of morpholine rings is 1. The molecule has 0 aromatic carbocycles. The van der Waals surface area contributed by atoms with Gasteiger partial charge in [0.25, 0.3) is 0 Å². The lowest BCUT2D eigenvalue weighted by atomic mass is 10.3. The number of nitrogens with zero attached hydrogens (tertiary/aromatic N) is 4. The molecule has 2 aromatic rings. The first-order valence-electron chi connectivity index (χ1n) is 9.62. The Morgan fingerprint density at radius 3 is 2.86 bits per heavy atom. The summed E-state index contributed by atoms with van der Waals surface area (Å²) in [5.74, 6) is 0.428. The van der Waals surface area contributed by atoms with E-state index in [9.17, 15) is 9.59 Å². The van der Waals surface area contributed by atoms with E-state index in [1.807, 2.05) is 0 Å². The van der Waals surface area contributed by atoms with Crippen molar-refractivity contribution in [1.82, 2.24) is 14.8 Å². The van der Waals surface area contributed by atoms with Crippen molar-refractivity contribution in [3.05, 3.63) is 17.0 Å². The Morgan fingerprint density at radius 1 is 1.34 bits per heavy atom. The average Bonchev–Trinajstić information content (AvgIpc) is 3.31. The number of carbonyl (C=O) groups excluding carboxylic acids is 2. The molecule has 0 spiro atoms. The fourth-order valence-corrected chi connectivity index (χ4v) is 4.66. The third-order valence-corrected chi connectivity index (χ3v) is 6.37. The van der Waals surface area contributed by atoms with Gasteiger partial charge < -0.3 is 19.7 Å². The number of thioether (sulfide) groups is 1. The molecule has 4 rings (SSSR count). The van der Waals surface area contributed by atoms with E-state index in [2.05, 4.69) is 25.0 Å². The highest BCUT2D eigenvalue weighted by Gasteiger charge is 2.32. The standard InChI is InChI=1S/C18H23N5O4S2/c1-2-27-16(25)13-5-10-28-15(13)19-14(24)11-29-18-21-20-17(23(18)12-3-4-12)22-6-8-26-9-7-22/h5,10,12H,2-4,6-9,11H2,1H3,(H,19,24). The normalized spacial score (nSPS) is 16.7. The van der Waals surface area contributed by atoms with Crippen LogP contribution >= 0.6 is 23.1 Å². The van der Waals surface area contributed by atoms with E-state index in [1.165, 1.54) is 23.1 Å². The highest BCUT2D eigenvalue weighted by molar-refractivity contribution is 7.99. The maximum absolute atomic E-state index is 12.5. The van der Waals surface area contributed by atoms with Crippen molar-refractivity contribution >= 4 is 45.9 Å². The summed E-state index contributed by atoms with van der Waals surface area (Å²) in [6.45, 7) is 5.01. The van der Waals surface area contributed by atoms with Crippen LogP contribution in [0.25, 0.3) is 0 Å². The Balaban J connectivity index is 1.39. The van der Waals surface area contributed by atoms with Gasteiger partial charge in [-0.2, -0.15) is 0 Å². The zero-order valence-electron chi connectivity index (χ0n) is 16.1. The molecule has 11 heteroatoms. The summed E-state index contributed by atoms with van der Waals surface area (Å²) in [5.41, 5.74) is 0.381. The molecule has 2 aromatic heterocycles. The number of ether oxygens (including phenoxy) is 2. The molecule has 156 valence electrons. The number of hydrogen-bond donors (Lipinski definition) is 1. The Kier molecular flexibility index (Phi) is 6.36. The number of thiophene rings is 1. The Morgan fingerprint density at radius 2 is 2.14 bits per heavy atom. The largest absolute Gasteiger partial charge is 0.462 e. The molecule has 1 N–H and O–H groups in total. The number of amides is 1. The SMILES string of the molecule is CCOC(=O)c1ccsc1NC(=O)CSc1nnc(N2CCOCC2)n1C1CC1. The van der Waals surface area contributed by atoms with Gasteiger partial charge in [-0.25, -0.2) is 4.79 Å². The molecule has 1 aliphatic carbocycles. The Bertz CT molecular complexity index is 873. The predicted octanol–water partition coefficient (Wildman–Crippen LogP) is 2.42. The smallest absolute Gasteiger partial charge is 0.341 e. The maximum Gasteiger partial charge on any atom is 0.341 e. The highest BCUT2D eigenvalue weighted by atomic mass is 32.2. The van der Waals surface area contributed by atoms with Crippen molar-refractivity contribution in [3.8, 4) is 0 Å². The summed E-state index contributed by atoms with van der Waals surface area (Å²) in [5, 5.41) is 14.5. The summed E-state index contributed by atoms with van der Waals surface area (Å²) in [7, 11) is 0. The molecule has 0 unspecified atom stereocenters. The van der Waals surface area contributed by atoms with Crippen molar-refractivity contribution in [2.75, 3.05) is 48.9 Å². The summed E-state index contributed by atoms with van der Waals surface area (Å²) < 4.78 is 12.6. The molecular weight excluding hydrogens is 414 g/mol. The van der Waals surface area contributed by atoms with Crippen molar-refractivity contribution in [1.29, 1.82) is 0 Å². The van der Waals surface area contributed by atoms with Crippen LogP contribution in [-0.4, -0.2) is 65.3 Å². The molecular formula is C18H23N5O4S2.